The Kier molecular flexibility index (Phi) is 7.11. The minimum Gasteiger partial charge on any atom is -0.376 e. The topological polar surface area (TPSA) is 21.3 Å². The molecule has 0 heterocycles. The average Bonchev–Trinajstić information content (AvgIpc) is 1.95. The van der Waals surface area contributed by atoms with E-state index in [2.05, 4.69) is 25.7 Å². The molecular weight excluding hydrogens is 150 g/mol. The monoisotopic (exact) mass is 171 g/mol. The van der Waals surface area contributed by atoms with Gasteiger partial charge in [0.05, 0.1) is 13.2 Å². The van der Waals surface area contributed by atoms with Crippen LogP contribution in [-0.4, -0.2) is 26.3 Å². The minimum absolute atomic E-state index is 0.684. The largest absolute Gasteiger partial charge is 0.376 e. The van der Waals surface area contributed by atoms with Crippen molar-refractivity contribution in [3.63, 3.8) is 0 Å². The first kappa shape index (κ1) is 11.7. The van der Waals surface area contributed by atoms with Crippen molar-refractivity contribution in [1.29, 1.82) is 0 Å². The first-order chi connectivity index (χ1) is 5.63. The molecule has 0 spiro atoms. The highest BCUT2D eigenvalue weighted by atomic mass is 16.5. The molecule has 0 amide bonds. The molecular formula is C10H21NO. The molecule has 1 N–H and O–H groups in total. The van der Waals surface area contributed by atoms with Gasteiger partial charge in [-0.05, 0) is 19.4 Å². The Morgan fingerprint density at radius 1 is 1.50 bits per heavy atom. The van der Waals surface area contributed by atoms with Crippen LogP contribution in [0.25, 0.3) is 0 Å². The quantitative estimate of drug-likeness (QED) is 0.466. The minimum atomic E-state index is 0.684. The van der Waals surface area contributed by atoms with E-state index in [0.717, 1.165) is 25.3 Å². The summed E-state index contributed by atoms with van der Waals surface area (Å²) in [7, 11) is 0. The van der Waals surface area contributed by atoms with Crippen molar-refractivity contribution in [3.8, 4) is 0 Å². The number of nitrogens with one attached hydrogen (secondary N) is 1. The molecule has 0 aliphatic heterocycles. The SMILES string of the molecule is C=C(C)COCCNCC(C)C. The Bertz CT molecular complexity index is 121. The van der Waals surface area contributed by atoms with E-state index in [1.807, 2.05) is 6.92 Å². The van der Waals surface area contributed by atoms with Crippen molar-refractivity contribution in [1.82, 2.24) is 5.32 Å². The molecule has 0 atom stereocenters. The van der Waals surface area contributed by atoms with E-state index in [1.54, 1.807) is 0 Å². The third-order valence-electron chi connectivity index (χ3n) is 1.32. The van der Waals surface area contributed by atoms with Crippen LogP contribution >= 0.6 is 0 Å². The summed E-state index contributed by atoms with van der Waals surface area (Å²) in [6.07, 6.45) is 0. The summed E-state index contributed by atoms with van der Waals surface area (Å²) < 4.78 is 5.31. The molecule has 12 heavy (non-hydrogen) atoms. The molecule has 0 aliphatic carbocycles. The second-order valence-corrected chi connectivity index (χ2v) is 3.61. The van der Waals surface area contributed by atoms with Crippen LogP contribution in [0.1, 0.15) is 20.8 Å². The van der Waals surface area contributed by atoms with Gasteiger partial charge in [0.2, 0.25) is 0 Å². The summed E-state index contributed by atoms with van der Waals surface area (Å²) in [6, 6.07) is 0. The Morgan fingerprint density at radius 2 is 2.17 bits per heavy atom. The van der Waals surface area contributed by atoms with Gasteiger partial charge < -0.3 is 10.1 Å². The lowest BCUT2D eigenvalue weighted by Crippen LogP contribution is -2.24. The van der Waals surface area contributed by atoms with Crippen LogP contribution in [0.3, 0.4) is 0 Å². The highest BCUT2D eigenvalue weighted by Crippen LogP contribution is 1.88. The van der Waals surface area contributed by atoms with Gasteiger partial charge in [-0.1, -0.05) is 26.0 Å². The first-order valence-electron chi connectivity index (χ1n) is 4.55. The number of hydrogen-bond acceptors (Lipinski definition) is 2. The molecule has 0 radical (unpaired) electrons. The molecule has 0 aromatic carbocycles. The Labute approximate surface area is 76.0 Å². The van der Waals surface area contributed by atoms with Gasteiger partial charge >= 0.3 is 0 Å². The van der Waals surface area contributed by atoms with Crippen LogP contribution in [0.4, 0.5) is 0 Å². The Morgan fingerprint density at radius 3 is 2.67 bits per heavy atom. The van der Waals surface area contributed by atoms with E-state index in [1.165, 1.54) is 0 Å². The number of hydrogen-bond donors (Lipinski definition) is 1. The predicted molar refractivity (Wildman–Crippen MR) is 53.3 cm³/mol. The summed E-state index contributed by atoms with van der Waals surface area (Å²) >= 11 is 0. The normalized spacial score (nSPS) is 10.7. The molecule has 0 aromatic heterocycles. The zero-order valence-electron chi connectivity index (χ0n) is 8.52. The van der Waals surface area contributed by atoms with Crippen LogP contribution in [0.2, 0.25) is 0 Å². The maximum atomic E-state index is 5.31. The fourth-order valence-electron chi connectivity index (χ4n) is 0.781. The highest BCUT2D eigenvalue weighted by Gasteiger charge is 1.92. The predicted octanol–water partition coefficient (Wildman–Crippen LogP) is 1.82. The summed E-state index contributed by atoms with van der Waals surface area (Å²) in [4.78, 5) is 0. The Hall–Kier alpha value is -0.340. The van der Waals surface area contributed by atoms with E-state index in [9.17, 15) is 0 Å². The van der Waals surface area contributed by atoms with Gasteiger partial charge in [0.15, 0.2) is 0 Å². The number of ether oxygens (including phenoxy) is 1. The zero-order valence-corrected chi connectivity index (χ0v) is 8.52. The lowest BCUT2D eigenvalue weighted by Gasteiger charge is -2.07. The van der Waals surface area contributed by atoms with Crippen molar-refractivity contribution in [2.45, 2.75) is 20.8 Å². The van der Waals surface area contributed by atoms with Crippen LogP contribution in [0.15, 0.2) is 12.2 Å². The Balaban J connectivity index is 2.96. The molecule has 2 heteroatoms. The van der Waals surface area contributed by atoms with E-state index in [-0.39, 0.29) is 0 Å². The van der Waals surface area contributed by atoms with Gasteiger partial charge in [-0.25, -0.2) is 0 Å². The lowest BCUT2D eigenvalue weighted by atomic mass is 10.2. The van der Waals surface area contributed by atoms with Crippen molar-refractivity contribution in [2.75, 3.05) is 26.3 Å². The molecule has 2 nitrogen and oxygen atoms in total. The molecule has 0 aromatic rings. The standard InChI is InChI=1S/C10H21NO/c1-9(2)7-11-5-6-12-8-10(3)4/h9,11H,3,5-8H2,1-2,4H3. The summed E-state index contributed by atoms with van der Waals surface area (Å²) in [5.74, 6) is 0.714. The van der Waals surface area contributed by atoms with Crippen LogP contribution < -0.4 is 5.32 Å². The van der Waals surface area contributed by atoms with E-state index in [0.29, 0.717) is 12.5 Å². The lowest BCUT2D eigenvalue weighted by molar-refractivity contribution is 0.157. The number of rotatable bonds is 7. The molecule has 0 saturated carbocycles. The van der Waals surface area contributed by atoms with E-state index < -0.39 is 0 Å². The van der Waals surface area contributed by atoms with Gasteiger partial charge in [-0.3, -0.25) is 0 Å². The molecule has 0 rings (SSSR count). The summed E-state index contributed by atoms with van der Waals surface area (Å²) in [6.45, 7) is 13.6. The van der Waals surface area contributed by atoms with Gasteiger partial charge in [-0.2, -0.15) is 0 Å². The van der Waals surface area contributed by atoms with Crippen LogP contribution in [0, 0.1) is 5.92 Å². The van der Waals surface area contributed by atoms with E-state index >= 15 is 0 Å². The van der Waals surface area contributed by atoms with Crippen molar-refractivity contribution in [3.05, 3.63) is 12.2 Å². The van der Waals surface area contributed by atoms with Crippen molar-refractivity contribution >= 4 is 0 Å². The third kappa shape index (κ3) is 9.66. The second kappa shape index (κ2) is 7.32. The fraction of sp³-hybridized carbons (Fsp3) is 0.800. The molecule has 0 saturated heterocycles. The molecule has 0 fully saturated rings. The first-order valence-corrected chi connectivity index (χ1v) is 4.55. The third-order valence-corrected chi connectivity index (χ3v) is 1.32. The van der Waals surface area contributed by atoms with E-state index in [4.69, 9.17) is 4.74 Å². The molecule has 0 aliphatic rings. The molecule has 72 valence electrons. The highest BCUT2D eigenvalue weighted by molar-refractivity contribution is 4.87. The maximum Gasteiger partial charge on any atom is 0.0672 e. The smallest absolute Gasteiger partial charge is 0.0672 e. The molecule has 0 unspecified atom stereocenters. The van der Waals surface area contributed by atoms with Crippen LogP contribution in [0.5, 0.6) is 0 Å². The summed E-state index contributed by atoms with van der Waals surface area (Å²) in [5.41, 5.74) is 1.08. The van der Waals surface area contributed by atoms with Gasteiger partial charge in [0, 0.05) is 6.54 Å². The summed E-state index contributed by atoms with van der Waals surface area (Å²) in [5, 5.41) is 3.30. The maximum absolute atomic E-state index is 5.31. The van der Waals surface area contributed by atoms with Crippen LogP contribution in [-0.2, 0) is 4.74 Å². The fourth-order valence-corrected chi connectivity index (χ4v) is 0.781. The zero-order chi connectivity index (χ0) is 9.40. The molecule has 0 bridgehead atoms. The van der Waals surface area contributed by atoms with Gasteiger partial charge in [-0.15, -0.1) is 0 Å². The second-order valence-electron chi connectivity index (χ2n) is 3.61. The average molecular weight is 171 g/mol. The van der Waals surface area contributed by atoms with Gasteiger partial charge in [0.1, 0.15) is 0 Å². The van der Waals surface area contributed by atoms with Crippen molar-refractivity contribution in [2.24, 2.45) is 5.92 Å². The van der Waals surface area contributed by atoms with Gasteiger partial charge in [0.25, 0.3) is 0 Å². The van der Waals surface area contributed by atoms with Crippen molar-refractivity contribution < 1.29 is 4.74 Å².